The van der Waals surface area contributed by atoms with Crippen LogP contribution in [-0.2, 0) is 10.2 Å². The second kappa shape index (κ2) is 4.86. The molecule has 1 N–H and O–H groups in total. The summed E-state index contributed by atoms with van der Waals surface area (Å²) in [5, 5.41) is 9.23. The molecule has 0 saturated carbocycles. The van der Waals surface area contributed by atoms with Gasteiger partial charge in [-0.3, -0.25) is 4.79 Å². The van der Waals surface area contributed by atoms with E-state index in [0.29, 0.717) is 0 Å². The molecule has 0 fully saturated rings. The van der Waals surface area contributed by atoms with Crippen molar-refractivity contribution in [3.8, 4) is 10.4 Å². The fourth-order valence-corrected chi connectivity index (χ4v) is 3.35. The topological polar surface area (TPSA) is 37.3 Å². The van der Waals surface area contributed by atoms with E-state index >= 15 is 0 Å². The lowest BCUT2D eigenvalue weighted by Gasteiger charge is -2.16. The van der Waals surface area contributed by atoms with E-state index in [1.165, 1.54) is 11.3 Å². The van der Waals surface area contributed by atoms with Crippen LogP contribution in [-0.4, -0.2) is 11.1 Å². The lowest BCUT2D eigenvalue weighted by atomic mass is 9.92. The number of halogens is 1. The van der Waals surface area contributed by atoms with E-state index in [9.17, 15) is 9.90 Å². The van der Waals surface area contributed by atoms with Crippen molar-refractivity contribution in [1.29, 1.82) is 0 Å². The van der Waals surface area contributed by atoms with Crippen molar-refractivity contribution < 1.29 is 9.90 Å². The molecule has 0 spiro atoms. The molecule has 2 aromatic rings. The molecular formula is C14H13BrO2S. The van der Waals surface area contributed by atoms with Crippen LogP contribution >= 0.6 is 27.3 Å². The molecule has 1 heterocycles. The lowest BCUT2D eigenvalue weighted by molar-refractivity contribution is -0.142. The van der Waals surface area contributed by atoms with Crippen molar-refractivity contribution >= 4 is 33.2 Å². The fraction of sp³-hybridized carbons (Fsp3) is 0.214. The molecule has 0 radical (unpaired) electrons. The summed E-state index contributed by atoms with van der Waals surface area (Å²) in [4.78, 5) is 13.2. The number of hydrogen-bond donors (Lipinski definition) is 1. The Balaban J connectivity index is 2.44. The average molecular weight is 325 g/mol. The molecule has 1 aromatic carbocycles. The van der Waals surface area contributed by atoms with E-state index in [1.807, 2.05) is 36.4 Å². The molecule has 4 heteroatoms. The largest absolute Gasteiger partial charge is 0.481 e. The zero-order chi connectivity index (χ0) is 13.3. The SMILES string of the molecule is CC(C)(C(=O)O)c1ccc(-c2ccccc2Br)s1. The summed E-state index contributed by atoms with van der Waals surface area (Å²) in [6.07, 6.45) is 0. The predicted octanol–water partition coefficient (Wildman–Crippen LogP) is 4.54. The van der Waals surface area contributed by atoms with Crippen molar-refractivity contribution in [2.45, 2.75) is 19.3 Å². The number of carboxylic acid groups (broad SMARTS) is 1. The smallest absolute Gasteiger partial charge is 0.314 e. The van der Waals surface area contributed by atoms with E-state index in [2.05, 4.69) is 15.9 Å². The van der Waals surface area contributed by atoms with Gasteiger partial charge in [0.1, 0.15) is 0 Å². The van der Waals surface area contributed by atoms with Crippen molar-refractivity contribution in [2.75, 3.05) is 0 Å². The molecule has 0 saturated heterocycles. The Morgan fingerprint density at radius 2 is 1.89 bits per heavy atom. The van der Waals surface area contributed by atoms with Gasteiger partial charge in [0.2, 0.25) is 0 Å². The molecular weight excluding hydrogens is 312 g/mol. The van der Waals surface area contributed by atoms with Crippen molar-refractivity contribution in [3.63, 3.8) is 0 Å². The molecule has 0 atom stereocenters. The Labute approximate surface area is 118 Å². The van der Waals surface area contributed by atoms with Gasteiger partial charge in [-0.2, -0.15) is 0 Å². The molecule has 0 bridgehead atoms. The highest BCUT2D eigenvalue weighted by atomic mass is 79.9. The normalized spacial score (nSPS) is 11.5. The molecule has 2 nitrogen and oxygen atoms in total. The van der Waals surface area contributed by atoms with Gasteiger partial charge in [-0.25, -0.2) is 0 Å². The fourth-order valence-electron chi connectivity index (χ4n) is 1.58. The quantitative estimate of drug-likeness (QED) is 0.899. The van der Waals surface area contributed by atoms with Gasteiger partial charge in [-0.05, 0) is 32.0 Å². The first-order valence-corrected chi connectivity index (χ1v) is 7.12. The standard InChI is InChI=1S/C14H13BrO2S/c1-14(2,13(16)17)12-8-7-11(18-12)9-5-3-4-6-10(9)15/h3-8H,1-2H3,(H,16,17). The molecule has 0 aliphatic heterocycles. The van der Waals surface area contributed by atoms with Crippen LogP contribution in [0.15, 0.2) is 40.9 Å². The number of thiophene rings is 1. The highest BCUT2D eigenvalue weighted by Crippen LogP contribution is 2.38. The Bertz CT molecular complexity index is 587. The van der Waals surface area contributed by atoms with Gasteiger partial charge in [0.25, 0.3) is 0 Å². The second-order valence-corrected chi connectivity index (χ2v) is 6.51. The summed E-state index contributed by atoms with van der Waals surface area (Å²) in [6, 6.07) is 11.8. The first-order valence-electron chi connectivity index (χ1n) is 5.51. The van der Waals surface area contributed by atoms with E-state index < -0.39 is 11.4 Å². The van der Waals surface area contributed by atoms with Crippen LogP contribution < -0.4 is 0 Å². The van der Waals surface area contributed by atoms with Gasteiger partial charge < -0.3 is 5.11 Å². The summed E-state index contributed by atoms with van der Waals surface area (Å²) >= 11 is 5.04. The highest BCUT2D eigenvalue weighted by molar-refractivity contribution is 9.10. The van der Waals surface area contributed by atoms with Crippen molar-refractivity contribution in [2.24, 2.45) is 0 Å². The Morgan fingerprint density at radius 3 is 2.50 bits per heavy atom. The van der Waals surface area contributed by atoms with Crippen LogP contribution in [0.3, 0.4) is 0 Å². The summed E-state index contributed by atoms with van der Waals surface area (Å²) in [7, 11) is 0. The van der Waals surface area contributed by atoms with Crippen LogP contribution in [0.5, 0.6) is 0 Å². The van der Waals surface area contributed by atoms with E-state index in [4.69, 9.17) is 0 Å². The van der Waals surface area contributed by atoms with E-state index in [-0.39, 0.29) is 0 Å². The summed E-state index contributed by atoms with van der Waals surface area (Å²) in [6.45, 7) is 3.45. The molecule has 0 aliphatic carbocycles. The zero-order valence-electron chi connectivity index (χ0n) is 10.1. The predicted molar refractivity (Wildman–Crippen MR) is 78.1 cm³/mol. The van der Waals surface area contributed by atoms with Gasteiger partial charge in [-0.1, -0.05) is 34.1 Å². The maximum atomic E-state index is 11.2. The minimum absolute atomic E-state index is 0.803. The molecule has 1 aromatic heterocycles. The van der Waals surface area contributed by atoms with Crippen LogP contribution in [0.1, 0.15) is 18.7 Å². The second-order valence-electron chi connectivity index (χ2n) is 4.57. The number of aliphatic carboxylic acids is 1. The Hall–Kier alpha value is -1.13. The summed E-state index contributed by atoms with van der Waals surface area (Å²) in [5.74, 6) is -0.803. The molecule has 0 unspecified atom stereocenters. The van der Waals surface area contributed by atoms with E-state index in [1.54, 1.807) is 13.8 Å². The van der Waals surface area contributed by atoms with E-state index in [0.717, 1.165) is 19.8 Å². The maximum Gasteiger partial charge on any atom is 0.314 e. The minimum Gasteiger partial charge on any atom is -0.481 e. The highest BCUT2D eigenvalue weighted by Gasteiger charge is 2.31. The zero-order valence-corrected chi connectivity index (χ0v) is 12.5. The third kappa shape index (κ3) is 2.35. The molecule has 18 heavy (non-hydrogen) atoms. The van der Waals surface area contributed by atoms with Gasteiger partial charge in [0.05, 0.1) is 5.41 Å². The summed E-state index contributed by atoms with van der Waals surface area (Å²) < 4.78 is 1.02. The first-order chi connectivity index (χ1) is 8.43. The summed E-state index contributed by atoms with van der Waals surface area (Å²) in [5.41, 5.74) is 0.249. The third-order valence-electron chi connectivity index (χ3n) is 2.90. The van der Waals surface area contributed by atoms with Gasteiger partial charge in [-0.15, -0.1) is 11.3 Å². The maximum absolute atomic E-state index is 11.2. The molecule has 0 aliphatic rings. The minimum atomic E-state index is -0.843. The van der Waals surface area contributed by atoms with Crippen LogP contribution in [0.2, 0.25) is 0 Å². The first kappa shape index (κ1) is 13.3. The number of rotatable bonds is 3. The number of hydrogen-bond acceptors (Lipinski definition) is 2. The lowest BCUT2D eigenvalue weighted by Crippen LogP contribution is -2.27. The molecule has 0 amide bonds. The number of carboxylic acids is 1. The van der Waals surface area contributed by atoms with Crippen LogP contribution in [0.25, 0.3) is 10.4 Å². The average Bonchev–Trinajstić information content (AvgIpc) is 2.79. The van der Waals surface area contributed by atoms with Gasteiger partial charge in [0.15, 0.2) is 0 Å². The number of benzene rings is 1. The Kier molecular flexibility index (Phi) is 3.59. The molecule has 94 valence electrons. The van der Waals surface area contributed by atoms with Gasteiger partial charge >= 0.3 is 5.97 Å². The molecule has 2 rings (SSSR count). The Morgan fingerprint density at radius 1 is 1.22 bits per heavy atom. The van der Waals surface area contributed by atoms with Crippen molar-refractivity contribution in [1.82, 2.24) is 0 Å². The monoisotopic (exact) mass is 324 g/mol. The number of carbonyl (C=O) groups is 1. The van der Waals surface area contributed by atoms with Gasteiger partial charge in [0, 0.05) is 19.8 Å². The van der Waals surface area contributed by atoms with Crippen molar-refractivity contribution in [3.05, 3.63) is 45.7 Å². The third-order valence-corrected chi connectivity index (χ3v) is 5.03. The van der Waals surface area contributed by atoms with Crippen LogP contribution in [0.4, 0.5) is 0 Å². The van der Waals surface area contributed by atoms with Crippen LogP contribution in [0, 0.1) is 0 Å².